The van der Waals surface area contributed by atoms with Crippen LogP contribution in [0.2, 0.25) is 0 Å². The summed E-state index contributed by atoms with van der Waals surface area (Å²) in [6.45, 7) is 0. The Labute approximate surface area is 92.4 Å². The van der Waals surface area contributed by atoms with Crippen LogP contribution < -0.4 is 5.73 Å². The molecule has 0 spiro atoms. The highest BCUT2D eigenvalue weighted by Gasteiger charge is 2.18. The molecule has 1 rings (SSSR count). The summed E-state index contributed by atoms with van der Waals surface area (Å²) in [6.07, 6.45) is 0.544. The average Bonchev–Trinajstić information content (AvgIpc) is 2.27. The van der Waals surface area contributed by atoms with Gasteiger partial charge in [-0.05, 0) is 6.07 Å². The van der Waals surface area contributed by atoms with Crippen LogP contribution in [-0.4, -0.2) is 33.0 Å². The summed E-state index contributed by atoms with van der Waals surface area (Å²) in [4.78, 5) is 14.6. The number of hydrogen-bond acceptors (Lipinski definition) is 5. The summed E-state index contributed by atoms with van der Waals surface area (Å²) in [5.74, 6) is -0.515. The normalized spacial score (nSPS) is 14.6. The number of carbonyl (C=O) groups is 1. The van der Waals surface area contributed by atoms with Gasteiger partial charge in [0.05, 0.1) is 11.7 Å². The summed E-state index contributed by atoms with van der Waals surface area (Å²) in [5, 5.41) is 18.9. The molecule has 6 heteroatoms. The van der Waals surface area contributed by atoms with Crippen molar-refractivity contribution in [2.75, 3.05) is 5.75 Å². The van der Waals surface area contributed by atoms with Gasteiger partial charge in [0.15, 0.2) is 0 Å². The Kier molecular flexibility index (Phi) is 4.07. The number of rotatable bonds is 4. The van der Waals surface area contributed by atoms with Gasteiger partial charge in [0.2, 0.25) is 5.91 Å². The zero-order chi connectivity index (χ0) is 11.4. The third kappa shape index (κ3) is 2.92. The van der Waals surface area contributed by atoms with E-state index in [4.69, 9.17) is 5.73 Å². The second kappa shape index (κ2) is 5.11. The van der Waals surface area contributed by atoms with Gasteiger partial charge < -0.3 is 15.9 Å². The number of aliphatic hydroxyl groups is 2. The molecule has 0 bridgehead atoms. The first-order chi connectivity index (χ1) is 7.06. The lowest BCUT2D eigenvalue weighted by Crippen LogP contribution is -2.21. The predicted molar refractivity (Wildman–Crippen MR) is 57.6 cm³/mol. The van der Waals surface area contributed by atoms with Gasteiger partial charge in [-0.25, -0.2) is 0 Å². The van der Waals surface area contributed by atoms with Crippen LogP contribution in [0.1, 0.15) is 22.0 Å². The molecule has 0 saturated carbocycles. The number of hydrogen-bond donors (Lipinski definition) is 4. The van der Waals surface area contributed by atoms with E-state index in [1.807, 2.05) is 0 Å². The van der Waals surface area contributed by atoms with Gasteiger partial charge in [-0.15, -0.1) is 0 Å². The van der Waals surface area contributed by atoms with E-state index in [9.17, 15) is 15.0 Å². The zero-order valence-electron chi connectivity index (χ0n) is 7.87. The number of primary amides is 1. The Morgan fingerprint density at radius 3 is 2.73 bits per heavy atom. The van der Waals surface area contributed by atoms with Crippen molar-refractivity contribution in [1.82, 2.24) is 4.98 Å². The predicted octanol–water partition coefficient (Wildman–Crippen LogP) is -0.495. The molecule has 0 fully saturated rings. The molecule has 1 aromatic rings. The molecule has 1 amide bonds. The topological polar surface area (TPSA) is 96.4 Å². The van der Waals surface area contributed by atoms with Crippen molar-refractivity contribution >= 4 is 18.5 Å². The molecule has 0 aliphatic rings. The van der Waals surface area contributed by atoms with Gasteiger partial charge in [0.25, 0.3) is 0 Å². The molecule has 2 unspecified atom stereocenters. The fourth-order valence-corrected chi connectivity index (χ4v) is 1.28. The van der Waals surface area contributed by atoms with Gasteiger partial charge >= 0.3 is 0 Å². The minimum absolute atomic E-state index is 0.113. The summed E-state index contributed by atoms with van der Waals surface area (Å²) >= 11 is 3.85. The maximum Gasteiger partial charge on any atom is 0.250 e. The molecular formula is C9H12N2O3S. The monoisotopic (exact) mass is 228 g/mol. The Morgan fingerprint density at radius 2 is 2.20 bits per heavy atom. The van der Waals surface area contributed by atoms with Crippen molar-refractivity contribution in [3.8, 4) is 0 Å². The second-order valence-corrected chi connectivity index (χ2v) is 3.43. The van der Waals surface area contributed by atoms with E-state index in [1.165, 1.54) is 18.5 Å². The number of amides is 1. The number of thiol groups is 1. The lowest BCUT2D eigenvalue weighted by molar-refractivity contribution is 0.0335. The molecule has 1 heterocycles. The quantitative estimate of drug-likeness (QED) is 0.523. The van der Waals surface area contributed by atoms with E-state index in [0.29, 0.717) is 5.56 Å². The van der Waals surface area contributed by atoms with Gasteiger partial charge in [0.1, 0.15) is 6.10 Å². The minimum atomic E-state index is -1.12. The summed E-state index contributed by atoms with van der Waals surface area (Å²) < 4.78 is 0. The lowest BCUT2D eigenvalue weighted by Gasteiger charge is -2.15. The van der Waals surface area contributed by atoms with E-state index in [0.717, 1.165) is 0 Å². The van der Waals surface area contributed by atoms with Crippen LogP contribution in [0, 0.1) is 0 Å². The molecule has 0 radical (unpaired) electrons. The number of aromatic nitrogens is 1. The van der Waals surface area contributed by atoms with Crippen molar-refractivity contribution in [1.29, 1.82) is 0 Å². The molecular weight excluding hydrogens is 216 g/mol. The standard InChI is InChI=1S/C9H12N2O3S/c10-9(14)6-1-5(2-11-3-6)8(13)7(12)4-15/h1-3,7-8,12-13,15H,4H2,(H2,10,14). The second-order valence-electron chi connectivity index (χ2n) is 3.07. The lowest BCUT2D eigenvalue weighted by atomic mass is 10.1. The molecule has 0 saturated heterocycles. The van der Waals surface area contributed by atoms with Crippen LogP contribution >= 0.6 is 12.6 Å². The van der Waals surface area contributed by atoms with E-state index < -0.39 is 18.1 Å². The smallest absolute Gasteiger partial charge is 0.250 e. The van der Waals surface area contributed by atoms with Gasteiger partial charge in [-0.1, -0.05) is 0 Å². The Morgan fingerprint density at radius 1 is 1.53 bits per heavy atom. The van der Waals surface area contributed by atoms with Crippen molar-refractivity contribution < 1.29 is 15.0 Å². The van der Waals surface area contributed by atoms with Crippen molar-refractivity contribution in [2.45, 2.75) is 12.2 Å². The highest BCUT2D eigenvalue weighted by atomic mass is 32.1. The van der Waals surface area contributed by atoms with Crippen LogP contribution in [0.4, 0.5) is 0 Å². The van der Waals surface area contributed by atoms with Crippen molar-refractivity contribution in [2.24, 2.45) is 5.73 Å². The van der Waals surface area contributed by atoms with Gasteiger partial charge in [-0.3, -0.25) is 9.78 Å². The SMILES string of the molecule is NC(=O)c1cncc(C(O)C(O)CS)c1. The number of aliphatic hydroxyl groups excluding tert-OH is 2. The molecule has 0 aliphatic heterocycles. The Bertz CT molecular complexity index is 359. The molecule has 82 valence electrons. The third-order valence-electron chi connectivity index (χ3n) is 1.94. The first kappa shape index (κ1) is 12.0. The van der Waals surface area contributed by atoms with E-state index in [1.54, 1.807) is 0 Å². The molecule has 5 nitrogen and oxygen atoms in total. The molecule has 0 aliphatic carbocycles. The third-order valence-corrected chi connectivity index (χ3v) is 2.31. The minimum Gasteiger partial charge on any atom is -0.389 e. The Hall–Kier alpha value is -1.11. The maximum absolute atomic E-state index is 10.8. The Balaban J connectivity index is 2.94. The fourth-order valence-electron chi connectivity index (χ4n) is 1.08. The van der Waals surface area contributed by atoms with Gasteiger partial charge in [-0.2, -0.15) is 12.6 Å². The van der Waals surface area contributed by atoms with E-state index in [2.05, 4.69) is 17.6 Å². The molecule has 1 aromatic heterocycles. The van der Waals surface area contributed by atoms with Crippen LogP contribution in [0.25, 0.3) is 0 Å². The van der Waals surface area contributed by atoms with Crippen LogP contribution in [0.5, 0.6) is 0 Å². The van der Waals surface area contributed by atoms with E-state index >= 15 is 0 Å². The summed E-state index contributed by atoms with van der Waals surface area (Å²) in [5.41, 5.74) is 5.59. The first-order valence-corrected chi connectivity index (χ1v) is 4.91. The molecule has 4 N–H and O–H groups in total. The van der Waals surface area contributed by atoms with Crippen molar-refractivity contribution in [3.63, 3.8) is 0 Å². The number of nitrogens with two attached hydrogens (primary N) is 1. The highest BCUT2D eigenvalue weighted by molar-refractivity contribution is 7.80. The molecule has 2 atom stereocenters. The van der Waals surface area contributed by atoms with Crippen LogP contribution in [0.15, 0.2) is 18.5 Å². The van der Waals surface area contributed by atoms with Crippen LogP contribution in [0.3, 0.4) is 0 Å². The average molecular weight is 228 g/mol. The molecule has 15 heavy (non-hydrogen) atoms. The largest absolute Gasteiger partial charge is 0.389 e. The summed E-state index contributed by atoms with van der Waals surface area (Å²) in [7, 11) is 0. The number of carbonyl (C=O) groups excluding carboxylic acids is 1. The van der Waals surface area contributed by atoms with Crippen LogP contribution in [-0.2, 0) is 0 Å². The van der Waals surface area contributed by atoms with E-state index in [-0.39, 0.29) is 11.3 Å². The number of pyridine rings is 1. The summed E-state index contributed by atoms with van der Waals surface area (Å²) in [6, 6.07) is 1.40. The first-order valence-electron chi connectivity index (χ1n) is 4.28. The highest BCUT2D eigenvalue weighted by Crippen LogP contribution is 2.17. The van der Waals surface area contributed by atoms with Gasteiger partial charge in [0, 0.05) is 23.7 Å². The fraction of sp³-hybridized carbons (Fsp3) is 0.333. The maximum atomic E-state index is 10.8. The van der Waals surface area contributed by atoms with Crippen molar-refractivity contribution in [3.05, 3.63) is 29.6 Å². The molecule has 0 aromatic carbocycles. The number of nitrogens with zero attached hydrogens (tertiary/aromatic N) is 1. The zero-order valence-corrected chi connectivity index (χ0v) is 8.76.